The zero-order valence-electron chi connectivity index (χ0n) is 11.3. The van der Waals surface area contributed by atoms with Crippen molar-refractivity contribution in [3.8, 4) is 0 Å². The van der Waals surface area contributed by atoms with Crippen molar-refractivity contribution in [2.24, 2.45) is 11.8 Å². The lowest BCUT2D eigenvalue weighted by Gasteiger charge is -2.36. The summed E-state index contributed by atoms with van der Waals surface area (Å²) in [4.78, 5) is 2.85. The van der Waals surface area contributed by atoms with Crippen molar-refractivity contribution in [3.63, 3.8) is 0 Å². The average molecular weight is 236 g/mol. The van der Waals surface area contributed by atoms with Crippen LogP contribution in [0.4, 0.5) is 0 Å². The quantitative estimate of drug-likeness (QED) is 0.793. The highest BCUT2D eigenvalue weighted by Gasteiger charge is 2.36. The molecule has 2 heteroatoms. The fraction of sp³-hybridized carbons (Fsp3) is 1.00. The molecule has 4 unspecified atom stereocenters. The van der Waals surface area contributed by atoms with Crippen LogP contribution in [0.3, 0.4) is 0 Å². The Morgan fingerprint density at radius 3 is 2.88 bits per heavy atom. The van der Waals surface area contributed by atoms with Gasteiger partial charge in [0.1, 0.15) is 0 Å². The highest BCUT2D eigenvalue weighted by molar-refractivity contribution is 4.91. The molecular weight excluding hydrogens is 208 g/mol. The zero-order chi connectivity index (χ0) is 11.7. The van der Waals surface area contributed by atoms with Crippen LogP contribution in [0.15, 0.2) is 0 Å². The smallest absolute Gasteiger partial charge is 0.0124 e. The predicted octanol–water partition coefficient (Wildman–Crippen LogP) is 2.64. The van der Waals surface area contributed by atoms with Crippen LogP contribution in [0, 0.1) is 11.8 Å². The topological polar surface area (TPSA) is 15.3 Å². The number of fused-ring (bicyclic) bond motifs is 1. The average Bonchev–Trinajstić information content (AvgIpc) is 2.73. The lowest BCUT2D eigenvalue weighted by atomic mass is 9.84. The molecule has 0 aromatic heterocycles. The van der Waals surface area contributed by atoms with Gasteiger partial charge in [-0.05, 0) is 64.0 Å². The number of hydrogen-bond donors (Lipinski definition) is 1. The second-order valence-corrected chi connectivity index (χ2v) is 6.64. The third-order valence-corrected chi connectivity index (χ3v) is 5.35. The Morgan fingerprint density at radius 1 is 1.12 bits per heavy atom. The van der Waals surface area contributed by atoms with Crippen molar-refractivity contribution >= 4 is 0 Å². The lowest BCUT2D eigenvalue weighted by molar-refractivity contribution is 0.141. The van der Waals surface area contributed by atoms with E-state index in [1.165, 1.54) is 64.6 Å². The van der Waals surface area contributed by atoms with E-state index in [-0.39, 0.29) is 0 Å². The van der Waals surface area contributed by atoms with Gasteiger partial charge in [-0.3, -0.25) is 4.90 Å². The fourth-order valence-electron chi connectivity index (χ4n) is 4.46. The first-order valence-electron chi connectivity index (χ1n) is 7.80. The van der Waals surface area contributed by atoms with Crippen LogP contribution >= 0.6 is 0 Å². The molecule has 2 saturated heterocycles. The molecule has 0 amide bonds. The summed E-state index contributed by atoms with van der Waals surface area (Å²) in [6, 6.07) is 1.72. The number of rotatable bonds is 2. The summed E-state index contributed by atoms with van der Waals surface area (Å²) in [5.41, 5.74) is 0. The minimum Gasteiger partial charge on any atom is -0.314 e. The summed E-state index contributed by atoms with van der Waals surface area (Å²) in [6.45, 7) is 6.38. The molecule has 0 spiro atoms. The summed E-state index contributed by atoms with van der Waals surface area (Å²) < 4.78 is 0. The maximum absolute atomic E-state index is 3.57. The van der Waals surface area contributed by atoms with E-state index in [1.54, 1.807) is 0 Å². The summed E-state index contributed by atoms with van der Waals surface area (Å²) in [6.07, 6.45) is 10.3. The summed E-state index contributed by atoms with van der Waals surface area (Å²) in [7, 11) is 0. The molecule has 3 rings (SSSR count). The molecule has 2 nitrogen and oxygen atoms in total. The normalized spacial score (nSPS) is 43.6. The first-order chi connectivity index (χ1) is 8.33. The predicted molar refractivity (Wildman–Crippen MR) is 72.1 cm³/mol. The van der Waals surface area contributed by atoms with E-state index in [0.29, 0.717) is 0 Å². The number of piperidine rings is 1. The van der Waals surface area contributed by atoms with Crippen molar-refractivity contribution in [2.45, 2.75) is 64.0 Å². The molecule has 0 radical (unpaired) electrons. The van der Waals surface area contributed by atoms with Gasteiger partial charge in [0, 0.05) is 18.6 Å². The molecule has 1 aliphatic carbocycles. The van der Waals surface area contributed by atoms with Gasteiger partial charge < -0.3 is 5.32 Å². The van der Waals surface area contributed by atoms with Gasteiger partial charge in [-0.1, -0.05) is 12.8 Å². The molecule has 0 aromatic rings. The SMILES string of the molecule is CC1CC(CN2CCC3CCCCC32)CCN1. The summed E-state index contributed by atoms with van der Waals surface area (Å²) in [5.74, 6) is 2.02. The molecule has 2 heterocycles. The van der Waals surface area contributed by atoms with E-state index in [0.717, 1.165) is 23.9 Å². The first-order valence-corrected chi connectivity index (χ1v) is 7.80. The van der Waals surface area contributed by atoms with Gasteiger partial charge in [-0.25, -0.2) is 0 Å². The van der Waals surface area contributed by atoms with Gasteiger partial charge in [-0.2, -0.15) is 0 Å². The molecule has 0 aromatic carbocycles. The van der Waals surface area contributed by atoms with E-state index < -0.39 is 0 Å². The summed E-state index contributed by atoms with van der Waals surface area (Å²) in [5, 5.41) is 3.57. The highest BCUT2D eigenvalue weighted by atomic mass is 15.2. The number of nitrogens with one attached hydrogen (secondary N) is 1. The maximum atomic E-state index is 3.57. The van der Waals surface area contributed by atoms with Crippen LogP contribution in [0.5, 0.6) is 0 Å². The standard InChI is InChI=1S/C15H28N2/c1-12-10-13(6-8-16-12)11-17-9-7-14-4-2-3-5-15(14)17/h12-16H,2-11H2,1H3. The Morgan fingerprint density at radius 2 is 2.00 bits per heavy atom. The Kier molecular flexibility index (Phi) is 3.72. The molecule has 0 bridgehead atoms. The van der Waals surface area contributed by atoms with Crippen LogP contribution in [-0.2, 0) is 0 Å². The molecule has 98 valence electrons. The highest BCUT2D eigenvalue weighted by Crippen LogP contribution is 2.37. The zero-order valence-corrected chi connectivity index (χ0v) is 11.3. The van der Waals surface area contributed by atoms with Gasteiger partial charge in [0.2, 0.25) is 0 Å². The third kappa shape index (κ3) is 2.68. The van der Waals surface area contributed by atoms with Gasteiger partial charge in [0.15, 0.2) is 0 Å². The first kappa shape index (κ1) is 12.0. The van der Waals surface area contributed by atoms with Gasteiger partial charge >= 0.3 is 0 Å². The van der Waals surface area contributed by atoms with Gasteiger partial charge in [0.25, 0.3) is 0 Å². The molecule has 1 N–H and O–H groups in total. The Hall–Kier alpha value is -0.0800. The van der Waals surface area contributed by atoms with Crippen LogP contribution in [0.2, 0.25) is 0 Å². The molecule has 1 saturated carbocycles. The van der Waals surface area contributed by atoms with Crippen LogP contribution < -0.4 is 5.32 Å². The number of likely N-dealkylation sites (tertiary alicyclic amines) is 1. The van der Waals surface area contributed by atoms with Crippen molar-refractivity contribution in [3.05, 3.63) is 0 Å². The van der Waals surface area contributed by atoms with Crippen molar-refractivity contribution in [2.75, 3.05) is 19.6 Å². The van der Waals surface area contributed by atoms with Gasteiger partial charge in [0.05, 0.1) is 0 Å². The molecule has 3 aliphatic rings. The largest absolute Gasteiger partial charge is 0.314 e. The molecular formula is C15H28N2. The van der Waals surface area contributed by atoms with Crippen LogP contribution in [-0.4, -0.2) is 36.6 Å². The Balaban J connectivity index is 1.54. The second kappa shape index (κ2) is 5.27. The molecule has 2 aliphatic heterocycles. The van der Waals surface area contributed by atoms with E-state index in [2.05, 4.69) is 17.1 Å². The molecule has 17 heavy (non-hydrogen) atoms. The van der Waals surface area contributed by atoms with Gasteiger partial charge in [-0.15, -0.1) is 0 Å². The van der Waals surface area contributed by atoms with E-state index in [1.807, 2.05) is 0 Å². The minimum absolute atomic E-state index is 0.749. The number of nitrogens with zero attached hydrogens (tertiary/aromatic N) is 1. The Bertz CT molecular complexity index is 253. The van der Waals surface area contributed by atoms with Crippen LogP contribution in [0.1, 0.15) is 51.9 Å². The van der Waals surface area contributed by atoms with E-state index in [4.69, 9.17) is 0 Å². The third-order valence-electron chi connectivity index (χ3n) is 5.35. The number of hydrogen-bond acceptors (Lipinski definition) is 2. The second-order valence-electron chi connectivity index (χ2n) is 6.64. The lowest BCUT2D eigenvalue weighted by Crippen LogP contribution is -2.43. The minimum atomic E-state index is 0.749. The molecule has 4 atom stereocenters. The van der Waals surface area contributed by atoms with Crippen molar-refractivity contribution in [1.29, 1.82) is 0 Å². The Labute approximate surface area is 106 Å². The van der Waals surface area contributed by atoms with E-state index >= 15 is 0 Å². The van der Waals surface area contributed by atoms with E-state index in [9.17, 15) is 0 Å². The maximum Gasteiger partial charge on any atom is 0.0124 e. The van der Waals surface area contributed by atoms with Crippen LogP contribution in [0.25, 0.3) is 0 Å². The van der Waals surface area contributed by atoms with Crippen molar-refractivity contribution in [1.82, 2.24) is 10.2 Å². The van der Waals surface area contributed by atoms with Crippen molar-refractivity contribution < 1.29 is 0 Å². The monoisotopic (exact) mass is 236 g/mol. The summed E-state index contributed by atoms with van der Waals surface area (Å²) >= 11 is 0. The fourth-order valence-corrected chi connectivity index (χ4v) is 4.46. The molecule has 3 fully saturated rings.